The third-order valence-corrected chi connectivity index (χ3v) is 3.64. The van der Waals surface area contributed by atoms with Crippen LogP contribution in [0.1, 0.15) is 0 Å². The molecule has 0 radical (unpaired) electrons. The van der Waals surface area contributed by atoms with Crippen LogP contribution >= 0.6 is 0 Å². The van der Waals surface area contributed by atoms with E-state index in [2.05, 4.69) is 10.1 Å². The fourth-order valence-corrected chi connectivity index (χ4v) is 2.45. The second-order valence-electron chi connectivity index (χ2n) is 5.18. The summed E-state index contributed by atoms with van der Waals surface area (Å²) >= 11 is 0. The number of hydrogen-bond acceptors (Lipinski definition) is 5. The molecule has 6 heteroatoms. The van der Waals surface area contributed by atoms with Crippen molar-refractivity contribution in [3.8, 4) is 22.8 Å². The number of rotatable bonds is 3. The average Bonchev–Trinajstić information content (AvgIpc) is 3.23. The van der Waals surface area contributed by atoms with E-state index in [0.717, 1.165) is 10.5 Å². The number of hydrogen-bond donors (Lipinski definition) is 0. The van der Waals surface area contributed by atoms with Crippen LogP contribution in [0, 0.1) is 0 Å². The molecular weight excluding hydrogens is 306 g/mol. The van der Waals surface area contributed by atoms with Gasteiger partial charge in [0.1, 0.15) is 0 Å². The standard InChI is InChI=1S/C18H11N3O3/c22-15-10-11-16(23)21(15)14-8-6-13(7-9-14)18-19-17(20-24-18)12-4-2-1-3-5-12/h1-11H. The van der Waals surface area contributed by atoms with Crippen molar-refractivity contribution in [3.05, 3.63) is 66.7 Å². The molecule has 2 aromatic carbocycles. The molecule has 0 N–H and O–H groups in total. The summed E-state index contributed by atoms with van der Waals surface area (Å²) < 4.78 is 5.29. The zero-order chi connectivity index (χ0) is 16.5. The van der Waals surface area contributed by atoms with E-state index in [4.69, 9.17) is 4.52 Å². The number of carbonyl (C=O) groups is 2. The number of nitrogens with zero attached hydrogens (tertiary/aromatic N) is 3. The molecular formula is C18H11N3O3. The van der Waals surface area contributed by atoms with E-state index in [1.807, 2.05) is 30.3 Å². The Bertz CT molecular complexity index is 925. The molecule has 1 aliphatic rings. The molecule has 0 saturated heterocycles. The first-order valence-electron chi connectivity index (χ1n) is 7.28. The summed E-state index contributed by atoms with van der Waals surface area (Å²) in [5, 5.41) is 3.97. The summed E-state index contributed by atoms with van der Waals surface area (Å²) in [6.07, 6.45) is 2.50. The molecule has 0 unspecified atom stereocenters. The van der Waals surface area contributed by atoms with Crippen LogP contribution in [0.3, 0.4) is 0 Å². The Balaban J connectivity index is 1.61. The number of carbonyl (C=O) groups excluding carboxylic acids is 2. The topological polar surface area (TPSA) is 76.3 Å². The summed E-state index contributed by atoms with van der Waals surface area (Å²) in [7, 11) is 0. The molecule has 4 rings (SSSR count). The minimum Gasteiger partial charge on any atom is -0.334 e. The number of imide groups is 1. The van der Waals surface area contributed by atoms with Gasteiger partial charge < -0.3 is 4.52 Å². The summed E-state index contributed by atoms with van der Waals surface area (Å²) in [4.78, 5) is 28.8. The van der Waals surface area contributed by atoms with Gasteiger partial charge in [-0.3, -0.25) is 9.59 Å². The third-order valence-electron chi connectivity index (χ3n) is 3.64. The van der Waals surface area contributed by atoms with Crippen molar-refractivity contribution in [3.63, 3.8) is 0 Å². The highest BCUT2D eigenvalue weighted by Crippen LogP contribution is 2.25. The van der Waals surface area contributed by atoms with E-state index in [1.165, 1.54) is 12.2 Å². The highest BCUT2D eigenvalue weighted by Gasteiger charge is 2.25. The average molecular weight is 317 g/mol. The lowest BCUT2D eigenvalue weighted by atomic mass is 10.2. The van der Waals surface area contributed by atoms with E-state index < -0.39 is 0 Å². The van der Waals surface area contributed by atoms with E-state index in [0.29, 0.717) is 23.0 Å². The van der Waals surface area contributed by atoms with Gasteiger partial charge in [0.2, 0.25) is 5.82 Å². The molecule has 24 heavy (non-hydrogen) atoms. The minimum atomic E-state index is -0.350. The second-order valence-corrected chi connectivity index (χ2v) is 5.18. The maximum absolute atomic E-state index is 11.7. The van der Waals surface area contributed by atoms with E-state index in [-0.39, 0.29) is 11.8 Å². The Morgan fingerprint density at radius 3 is 2.12 bits per heavy atom. The Hall–Kier alpha value is -3.54. The maximum atomic E-state index is 11.7. The smallest absolute Gasteiger partial charge is 0.258 e. The number of amides is 2. The Morgan fingerprint density at radius 2 is 1.46 bits per heavy atom. The van der Waals surface area contributed by atoms with Gasteiger partial charge in [-0.15, -0.1) is 0 Å². The van der Waals surface area contributed by atoms with Gasteiger partial charge in [0.25, 0.3) is 17.7 Å². The maximum Gasteiger partial charge on any atom is 0.258 e. The fraction of sp³-hybridized carbons (Fsp3) is 0. The van der Waals surface area contributed by atoms with Gasteiger partial charge in [-0.1, -0.05) is 35.5 Å². The summed E-state index contributed by atoms with van der Waals surface area (Å²) in [6.45, 7) is 0. The van der Waals surface area contributed by atoms with Crippen molar-refractivity contribution in [2.45, 2.75) is 0 Å². The number of anilines is 1. The van der Waals surface area contributed by atoms with Crippen LogP contribution in [-0.2, 0) is 9.59 Å². The van der Waals surface area contributed by atoms with Gasteiger partial charge in [-0.05, 0) is 24.3 Å². The molecule has 3 aromatic rings. The zero-order valence-electron chi connectivity index (χ0n) is 12.4. The van der Waals surface area contributed by atoms with Crippen molar-refractivity contribution >= 4 is 17.5 Å². The predicted octanol–water partition coefficient (Wildman–Crippen LogP) is 2.83. The first-order valence-corrected chi connectivity index (χ1v) is 7.28. The quantitative estimate of drug-likeness (QED) is 0.694. The molecule has 0 fully saturated rings. The van der Waals surface area contributed by atoms with Crippen LogP contribution in [-0.4, -0.2) is 22.0 Å². The van der Waals surface area contributed by atoms with Gasteiger partial charge in [0.05, 0.1) is 5.69 Å². The zero-order valence-corrected chi connectivity index (χ0v) is 12.4. The van der Waals surface area contributed by atoms with Gasteiger partial charge in [-0.2, -0.15) is 4.98 Å². The first kappa shape index (κ1) is 14.1. The Kier molecular flexibility index (Phi) is 3.28. The fourth-order valence-electron chi connectivity index (χ4n) is 2.45. The highest BCUT2D eigenvalue weighted by molar-refractivity contribution is 6.28. The van der Waals surface area contributed by atoms with Crippen LogP contribution in [0.2, 0.25) is 0 Å². The highest BCUT2D eigenvalue weighted by atomic mass is 16.5. The lowest BCUT2D eigenvalue weighted by Crippen LogP contribution is -2.29. The SMILES string of the molecule is O=C1C=CC(=O)N1c1ccc(-c2nc(-c3ccccc3)no2)cc1. The van der Waals surface area contributed by atoms with Gasteiger partial charge in [0, 0.05) is 23.3 Å². The Labute approximate surface area is 137 Å². The molecule has 0 atom stereocenters. The van der Waals surface area contributed by atoms with Crippen molar-refractivity contribution in [2.75, 3.05) is 4.90 Å². The lowest BCUT2D eigenvalue weighted by Gasteiger charge is -2.13. The normalized spacial score (nSPS) is 13.8. The molecule has 1 aromatic heterocycles. The molecule has 116 valence electrons. The summed E-state index contributed by atoms with van der Waals surface area (Å²) in [6, 6.07) is 16.3. The Morgan fingerprint density at radius 1 is 0.792 bits per heavy atom. The van der Waals surface area contributed by atoms with Gasteiger partial charge in [0.15, 0.2) is 0 Å². The summed E-state index contributed by atoms with van der Waals surface area (Å²) in [5.74, 6) is 0.176. The molecule has 0 bridgehead atoms. The summed E-state index contributed by atoms with van der Waals surface area (Å²) in [5.41, 5.74) is 2.07. The lowest BCUT2D eigenvalue weighted by molar-refractivity contribution is -0.119. The molecule has 2 amide bonds. The van der Waals surface area contributed by atoms with Crippen LogP contribution in [0.15, 0.2) is 71.3 Å². The molecule has 6 nitrogen and oxygen atoms in total. The first-order chi connectivity index (χ1) is 11.7. The largest absolute Gasteiger partial charge is 0.334 e. The molecule has 0 saturated carbocycles. The van der Waals surface area contributed by atoms with Crippen molar-refractivity contribution in [1.82, 2.24) is 10.1 Å². The van der Waals surface area contributed by atoms with E-state index in [1.54, 1.807) is 24.3 Å². The van der Waals surface area contributed by atoms with Crippen LogP contribution < -0.4 is 4.90 Å². The molecule has 2 heterocycles. The van der Waals surface area contributed by atoms with Gasteiger partial charge >= 0.3 is 0 Å². The van der Waals surface area contributed by atoms with Crippen molar-refractivity contribution < 1.29 is 14.1 Å². The monoisotopic (exact) mass is 317 g/mol. The van der Waals surface area contributed by atoms with Crippen molar-refractivity contribution in [2.24, 2.45) is 0 Å². The number of aromatic nitrogens is 2. The van der Waals surface area contributed by atoms with Crippen LogP contribution in [0.5, 0.6) is 0 Å². The van der Waals surface area contributed by atoms with Crippen LogP contribution in [0.4, 0.5) is 5.69 Å². The minimum absolute atomic E-state index is 0.350. The van der Waals surface area contributed by atoms with Crippen molar-refractivity contribution in [1.29, 1.82) is 0 Å². The molecule has 0 aliphatic carbocycles. The van der Waals surface area contributed by atoms with Gasteiger partial charge in [-0.25, -0.2) is 4.90 Å². The van der Waals surface area contributed by atoms with E-state index in [9.17, 15) is 9.59 Å². The van der Waals surface area contributed by atoms with Crippen LogP contribution in [0.25, 0.3) is 22.8 Å². The second kappa shape index (κ2) is 5.58. The van der Waals surface area contributed by atoms with E-state index >= 15 is 0 Å². The molecule has 0 spiro atoms. The predicted molar refractivity (Wildman–Crippen MR) is 86.8 cm³/mol. The molecule has 1 aliphatic heterocycles. The third kappa shape index (κ3) is 2.40. The number of benzene rings is 2.